The van der Waals surface area contributed by atoms with E-state index in [4.69, 9.17) is 5.14 Å². The molecule has 0 unspecified atom stereocenters. The Kier molecular flexibility index (Phi) is 4.48. The Morgan fingerprint density at radius 2 is 2.00 bits per heavy atom. The molecule has 1 aromatic rings. The average Bonchev–Trinajstić information content (AvgIpc) is 2.25. The van der Waals surface area contributed by atoms with Crippen LogP contribution in [-0.4, -0.2) is 26.9 Å². The van der Waals surface area contributed by atoms with Crippen molar-refractivity contribution in [1.82, 2.24) is 0 Å². The summed E-state index contributed by atoms with van der Waals surface area (Å²) in [5, 5.41) is 16.0. The van der Waals surface area contributed by atoms with Crippen molar-refractivity contribution in [3.63, 3.8) is 0 Å². The summed E-state index contributed by atoms with van der Waals surface area (Å²) >= 11 is 0. The van der Waals surface area contributed by atoms with Crippen LogP contribution in [0.25, 0.3) is 0 Å². The van der Waals surface area contributed by atoms with Crippen molar-refractivity contribution in [1.29, 1.82) is 0 Å². The van der Waals surface area contributed by atoms with Gasteiger partial charge in [-0.2, -0.15) is 0 Å². The lowest BCUT2D eigenvalue weighted by Gasteiger charge is -2.21. The van der Waals surface area contributed by atoms with E-state index in [1.165, 1.54) is 12.1 Å². The van der Waals surface area contributed by atoms with Crippen LogP contribution in [0.3, 0.4) is 0 Å². The zero-order chi connectivity index (χ0) is 14.8. The fourth-order valence-electron chi connectivity index (χ4n) is 1.80. The first kappa shape index (κ1) is 15.4. The number of sulfonamides is 1. The number of hydrogen-bond acceptors (Lipinski definition) is 5. The number of nitrogens with zero attached hydrogens (tertiary/aromatic N) is 2. The van der Waals surface area contributed by atoms with Gasteiger partial charge in [-0.15, -0.1) is 0 Å². The third-order valence-electron chi connectivity index (χ3n) is 2.52. The van der Waals surface area contributed by atoms with Gasteiger partial charge in [-0.3, -0.25) is 10.1 Å². The maximum absolute atomic E-state index is 11.2. The summed E-state index contributed by atoms with van der Waals surface area (Å²) in [7, 11) is -2.23. The van der Waals surface area contributed by atoms with Crippen molar-refractivity contribution in [2.24, 2.45) is 11.1 Å². The zero-order valence-corrected chi connectivity index (χ0v) is 11.8. The SMILES string of the molecule is CC(C)CN(C)c1ccc(S(N)(=O)=O)cc1[N+](=O)[O-]. The van der Waals surface area contributed by atoms with Gasteiger partial charge in [0.05, 0.1) is 9.82 Å². The predicted octanol–water partition coefficient (Wildman–Crippen LogP) is 1.33. The van der Waals surface area contributed by atoms with E-state index in [1.807, 2.05) is 13.8 Å². The Balaban J connectivity index is 3.31. The second kappa shape index (κ2) is 5.54. The summed E-state index contributed by atoms with van der Waals surface area (Å²) in [5.74, 6) is 0.322. The summed E-state index contributed by atoms with van der Waals surface area (Å²) in [6, 6.07) is 3.66. The maximum atomic E-state index is 11.2. The molecule has 0 atom stereocenters. The van der Waals surface area contributed by atoms with E-state index < -0.39 is 14.9 Å². The number of anilines is 1. The predicted molar refractivity (Wildman–Crippen MR) is 72.6 cm³/mol. The molecule has 1 aromatic carbocycles. The van der Waals surface area contributed by atoms with Gasteiger partial charge >= 0.3 is 0 Å². The number of nitro benzene ring substituents is 1. The third-order valence-corrected chi connectivity index (χ3v) is 3.43. The largest absolute Gasteiger partial charge is 0.369 e. The standard InChI is InChI=1S/C11H17N3O4S/c1-8(2)7-13(3)10-5-4-9(19(12,17)18)6-11(10)14(15)16/h4-6,8H,7H2,1-3H3,(H2,12,17,18). The zero-order valence-electron chi connectivity index (χ0n) is 11.0. The fraction of sp³-hybridized carbons (Fsp3) is 0.455. The molecule has 106 valence electrons. The highest BCUT2D eigenvalue weighted by molar-refractivity contribution is 7.89. The number of rotatable bonds is 5. The first-order chi connectivity index (χ1) is 8.62. The molecule has 0 aliphatic rings. The molecule has 0 heterocycles. The van der Waals surface area contributed by atoms with Crippen molar-refractivity contribution in [3.8, 4) is 0 Å². The Morgan fingerprint density at radius 3 is 2.42 bits per heavy atom. The summed E-state index contributed by atoms with van der Waals surface area (Å²) in [5.41, 5.74) is 0.0979. The van der Waals surface area contributed by atoms with Gasteiger partial charge in [0.15, 0.2) is 0 Å². The first-order valence-corrected chi connectivity index (χ1v) is 7.20. The molecule has 0 amide bonds. The highest BCUT2D eigenvalue weighted by Crippen LogP contribution is 2.30. The second-order valence-electron chi connectivity index (χ2n) is 4.73. The van der Waals surface area contributed by atoms with Gasteiger partial charge in [0.1, 0.15) is 5.69 Å². The maximum Gasteiger partial charge on any atom is 0.293 e. The normalized spacial score (nSPS) is 11.6. The molecule has 0 saturated heterocycles. The molecular weight excluding hydrogens is 270 g/mol. The van der Waals surface area contributed by atoms with E-state index in [0.717, 1.165) is 6.07 Å². The first-order valence-electron chi connectivity index (χ1n) is 5.65. The van der Waals surface area contributed by atoms with Crippen molar-refractivity contribution in [2.75, 3.05) is 18.5 Å². The van der Waals surface area contributed by atoms with Gasteiger partial charge in [-0.1, -0.05) is 13.8 Å². The van der Waals surface area contributed by atoms with Crippen LogP contribution in [0, 0.1) is 16.0 Å². The molecule has 0 aromatic heterocycles. The van der Waals surface area contributed by atoms with Gasteiger partial charge in [-0.05, 0) is 18.1 Å². The molecule has 7 nitrogen and oxygen atoms in total. The fourth-order valence-corrected chi connectivity index (χ4v) is 2.33. The highest BCUT2D eigenvalue weighted by Gasteiger charge is 2.21. The molecule has 19 heavy (non-hydrogen) atoms. The molecule has 8 heteroatoms. The van der Waals surface area contributed by atoms with Crippen LogP contribution in [0.15, 0.2) is 23.1 Å². The molecule has 0 fully saturated rings. The number of nitro groups is 1. The minimum Gasteiger partial charge on any atom is -0.369 e. The lowest BCUT2D eigenvalue weighted by molar-refractivity contribution is -0.384. The van der Waals surface area contributed by atoms with Crippen molar-refractivity contribution >= 4 is 21.4 Å². The van der Waals surface area contributed by atoms with Crippen LogP contribution in [-0.2, 0) is 10.0 Å². The summed E-state index contributed by atoms with van der Waals surface area (Å²) in [6.07, 6.45) is 0. The minimum atomic E-state index is -3.95. The van der Waals surface area contributed by atoms with Gasteiger partial charge in [-0.25, -0.2) is 13.6 Å². The second-order valence-corrected chi connectivity index (χ2v) is 6.29. The molecule has 0 aliphatic carbocycles. The molecule has 0 bridgehead atoms. The van der Waals surface area contributed by atoms with Crippen molar-refractivity contribution < 1.29 is 13.3 Å². The van der Waals surface area contributed by atoms with Crippen LogP contribution >= 0.6 is 0 Å². The number of hydrogen-bond donors (Lipinski definition) is 1. The van der Waals surface area contributed by atoms with Crippen molar-refractivity contribution in [3.05, 3.63) is 28.3 Å². The summed E-state index contributed by atoms with van der Waals surface area (Å²) < 4.78 is 22.4. The van der Waals surface area contributed by atoms with E-state index in [0.29, 0.717) is 18.2 Å². The Labute approximate surface area is 112 Å². The van der Waals surface area contributed by atoms with Crippen LogP contribution in [0.1, 0.15) is 13.8 Å². The van der Waals surface area contributed by atoms with Gasteiger partial charge in [0.25, 0.3) is 5.69 Å². The average molecular weight is 287 g/mol. The van der Waals surface area contributed by atoms with E-state index >= 15 is 0 Å². The third kappa shape index (κ3) is 3.90. The molecular formula is C11H17N3O4S. The smallest absolute Gasteiger partial charge is 0.293 e. The molecule has 0 radical (unpaired) electrons. The van der Waals surface area contributed by atoms with Crippen LogP contribution in [0.4, 0.5) is 11.4 Å². The molecule has 0 spiro atoms. The van der Waals surface area contributed by atoms with Gasteiger partial charge in [0.2, 0.25) is 10.0 Å². The van der Waals surface area contributed by atoms with Gasteiger partial charge in [0, 0.05) is 19.7 Å². The molecule has 1 rings (SSSR count). The molecule has 2 N–H and O–H groups in total. The number of nitrogens with two attached hydrogens (primary N) is 1. The Hall–Kier alpha value is -1.67. The highest BCUT2D eigenvalue weighted by atomic mass is 32.2. The number of benzene rings is 1. The van der Waals surface area contributed by atoms with Crippen LogP contribution in [0.2, 0.25) is 0 Å². The number of primary sulfonamides is 1. The lowest BCUT2D eigenvalue weighted by Crippen LogP contribution is -2.23. The van der Waals surface area contributed by atoms with E-state index in [1.54, 1.807) is 11.9 Å². The lowest BCUT2D eigenvalue weighted by atomic mass is 10.2. The van der Waals surface area contributed by atoms with E-state index in [-0.39, 0.29) is 10.6 Å². The monoisotopic (exact) mass is 287 g/mol. The minimum absolute atomic E-state index is 0.263. The Morgan fingerprint density at radius 1 is 1.42 bits per heavy atom. The van der Waals surface area contributed by atoms with Gasteiger partial charge < -0.3 is 4.90 Å². The summed E-state index contributed by atoms with van der Waals surface area (Å²) in [4.78, 5) is 11.9. The van der Waals surface area contributed by atoms with Crippen LogP contribution in [0.5, 0.6) is 0 Å². The van der Waals surface area contributed by atoms with Crippen LogP contribution < -0.4 is 10.0 Å². The summed E-state index contributed by atoms with van der Waals surface area (Å²) in [6.45, 7) is 4.59. The van der Waals surface area contributed by atoms with Crippen molar-refractivity contribution in [2.45, 2.75) is 18.7 Å². The topological polar surface area (TPSA) is 107 Å². The molecule has 0 aliphatic heterocycles. The molecule has 0 saturated carbocycles. The van der Waals surface area contributed by atoms with E-state index in [9.17, 15) is 18.5 Å². The van der Waals surface area contributed by atoms with E-state index in [2.05, 4.69) is 0 Å². The quantitative estimate of drug-likeness (QED) is 0.649. The Bertz CT molecular complexity index is 584.